The van der Waals surface area contributed by atoms with Gasteiger partial charge in [-0.15, -0.1) is 12.6 Å². The fraction of sp³-hybridized carbons (Fsp3) is 0.462. The van der Waals surface area contributed by atoms with Gasteiger partial charge in [0.2, 0.25) is 0 Å². The van der Waals surface area contributed by atoms with E-state index >= 15 is 0 Å². The normalized spacial score (nSPS) is 19.2. The molecule has 0 aromatic heterocycles. The van der Waals surface area contributed by atoms with E-state index in [2.05, 4.69) is 17.9 Å². The molecule has 0 radical (unpaired) electrons. The summed E-state index contributed by atoms with van der Waals surface area (Å²) in [7, 11) is 0. The number of carbonyl (C=O) groups excluding carboxylic acids is 1. The van der Waals surface area contributed by atoms with Crippen LogP contribution >= 0.6 is 12.6 Å². The number of nitrogens with one attached hydrogen (secondary N) is 1. The minimum absolute atomic E-state index is 0.0279. The molecule has 1 N–H and O–H groups in total. The molecule has 1 aliphatic heterocycles. The molecule has 0 saturated carbocycles. The Balaban J connectivity index is 1.77. The summed E-state index contributed by atoms with van der Waals surface area (Å²) in [5, 5.41) is 2.92. The largest absolute Gasteiger partial charge is 0.381 e. The standard InChI is InChI=1S/C13H17NO2S/c15-13(11-2-1-3-12(17)8-11)14-6-4-10-5-7-16-9-10/h1-3,8,10,17H,4-7,9H2,(H,14,15). The first-order chi connectivity index (χ1) is 8.25. The zero-order valence-corrected chi connectivity index (χ0v) is 10.6. The van der Waals surface area contributed by atoms with Crippen LogP contribution in [0.15, 0.2) is 29.2 Å². The van der Waals surface area contributed by atoms with E-state index in [1.165, 1.54) is 0 Å². The van der Waals surface area contributed by atoms with Crippen molar-refractivity contribution in [1.82, 2.24) is 5.32 Å². The molecule has 2 rings (SSSR count). The van der Waals surface area contributed by atoms with E-state index in [4.69, 9.17) is 4.74 Å². The van der Waals surface area contributed by atoms with Gasteiger partial charge in [-0.25, -0.2) is 0 Å². The van der Waals surface area contributed by atoms with Crippen molar-refractivity contribution in [3.05, 3.63) is 29.8 Å². The van der Waals surface area contributed by atoms with Crippen LogP contribution in [0.25, 0.3) is 0 Å². The first-order valence-electron chi connectivity index (χ1n) is 5.90. The van der Waals surface area contributed by atoms with Gasteiger partial charge in [-0.1, -0.05) is 6.07 Å². The predicted octanol–water partition coefficient (Wildman–Crippen LogP) is 2.13. The summed E-state index contributed by atoms with van der Waals surface area (Å²) >= 11 is 4.21. The Hall–Kier alpha value is -1.00. The molecule has 1 fully saturated rings. The first kappa shape index (κ1) is 12.5. The third-order valence-electron chi connectivity index (χ3n) is 2.97. The molecule has 1 aromatic rings. The second-order valence-electron chi connectivity index (χ2n) is 4.32. The van der Waals surface area contributed by atoms with Gasteiger partial charge in [0.1, 0.15) is 0 Å². The SMILES string of the molecule is O=C(NCCC1CCOC1)c1cccc(S)c1. The molecule has 17 heavy (non-hydrogen) atoms. The maximum atomic E-state index is 11.8. The van der Waals surface area contributed by atoms with Crippen molar-refractivity contribution in [3.8, 4) is 0 Å². The van der Waals surface area contributed by atoms with Crippen LogP contribution in [-0.2, 0) is 4.74 Å². The van der Waals surface area contributed by atoms with E-state index in [1.807, 2.05) is 12.1 Å². The molecular formula is C13H17NO2S. The second-order valence-corrected chi connectivity index (χ2v) is 4.84. The van der Waals surface area contributed by atoms with Gasteiger partial charge >= 0.3 is 0 Å². The molecule has 0 aliphatic carbocycles. The van der Waals surface area contributed by atoms with Crippen molar-refractivity contribution in [2.75, 3.05) is 19.8 Å². The summed E-state index contributed by atoms with van der Waals surface area (Å²) in [5.74, 6) is 0.575. The Kier molecular flexibility index (Phi) is 4.45. The van der Waals surface area contributed by atoms with E-state index in [0.717, 1.165) is 31.0 Å². The molecule has 4 heteroatoms. The Morgan fingerprint density at radius 2 is 2.41 bits per heavy atom. The van der Waals surface area contributed by atoms with Gasteiger partial charge in [-0.2, -0.15) is 0 Å². The number of rotatable bonds is 4. The molecule has 1 amide bonds. The molecule has 0 bridgehead atoms. The third-order valence-corrected chi connectivity index (χ3v) is 3.25. The van der Waals surface area contributed by atoms with Gasteiger partial charge < -0.3 is 10.1 Å². The van der Waals surface area contributed by atoms with Crippen LogP contribution in [0.4, 0.5) is 0 Å². The van der Waals surface area contributed by atoms with Crippen LogP contribution in [0.2, 0.25) is 0 Å². The molecule has 1 unspecified atom stereocenters. The highest BCUT2D eigenvalue weighted by Gasteiger charge is 2.15. The molecule has 1 heterocycles. The summed E-state index contributed by atoms with van der Waals surface area (Å²) in [4.78, 5) is 12.6. The van der Waals surface area contributed by atoms with Crippen molar-refractivity contribution >= 4 is 18.5 Å². The van der Waals surface area contributed by atoms with E-state index in [1.54, 1.807) is 12.1 Å². The summed E-state index contributed by atoms with van der Waals surface area (Å²) in [6.45, 7) is 2.41. The molecule has 1 saturated heterocycles. The summed E-state index contributed by atoms with van der Waals surface area (Å²) in [6, 6.07) is 7.27. The molecule has 1 aromatic carbocycles. The van der Waals surface area contributed by atoms with E-state index in [9.17, 15) is 4.79 Å². The van der Waals surface area contributed by atoms with Crippen molar-refractivity contribution in [2.24, 2.45) is 5.92 Å². The third kappa shape index (κ3) is 3.75. The number of carbonyl (C=O) groups is 1. The lowest BCUT2D eigenvalue weighted by Crippen LogP contribution is -2.26. The summed E-state index contributed by atoms with van der Waals surface area (Å²) in [5.41, 5.74) is 0.667. The van der Waals surface area contributed by atoms with Crippen LogP contribution in [0.5, 0.6) is 0 Å². The number of hydrogen-bond acceptors (Lipinski definition) is 3. The van der Waals surface area contributed by atoms with Crippen LogP contribution in [-0.4, -0.2) is 25.7 Å². The van der Waals surface area contributed by atoms with Crippen molar-refractivity contribution in [2.45, 2.75) is 17.7 Å². The smallest absolute Gasteiger partial charge is 0.251 e. The molecular weight excluding hydrogens is 234 g/mol. The van der Waals surface area contributed by atoms with Crippen molar-refractivity contribution in [3.63, 3.8) is 0 Å². The highest BCUT2D eigenvalue weighted by molar-refractivity contribution is 7.80. The second kappa shape index (κ2) is 6.07. The van der Waals surface area contributed by atoms with Gasteiger partial charge in [0.05, 0.1) is 0 Å². The maximum Gasteiger partial charge on any atom is 0.251 e. The average Bonchev–Trinajstić information content (AvgIpc) is 2.82. The van der Waals surface area contributed by atoms with Crippen LogP contribution in [0.1, 0.15) is 23.2 Å². The van der Waals surface area contributed by atoms with Gasteiger partial charge in [0.15, 0.2) is 0 Å². The number of benzene rings is 1. The molecule has 92 valence electrons. The van der Waals surface area contributed by atoms with Crippen LogP contribution in [0, 0.1) is 5.92 Å². The zero-order valence-electron chi connectivity index (χ0n) is 9.69. The first-order valence-corrected chi connectivity index (χ1v) is 6.35. The lowest BCUT2D eigenvalue weighted by atomic mass is 10.1. The topological polar surface area (TPSA) is 38.3 Å². The van der Waals surface area contributed by atoms with Gasteiger partial charge in [0.25, 0.3) is 5.91 Å². The summed E-state index contributed by atoms with van der Waals surface area (Å²) in [6.07, 6.45) is 2.11. The Labute approximate surface area is 107 Å². The Bertz CT molecular complexity index is 389. The van der Waals surface area contributed by atoms with E-state index < -0.39 is 0 Å². The van der Waals surface area contributed by atoms with Gasteiger partial charge in [-0.05, 0) is 37.0 Å². The Morgan fingerprint density at radius 1 is 1.53 bits per heavy atom. The predicted molar refractivity (Wildman–Crippen MR) is 69.6 cm³/mol. The van der Waals surface area contributed by atoms with Crippen LogP contribution < -0.4 is 5.32 Å². The van der Waals surface area contributed by atoms with Crippen LogP contribution in [0.3, 0.4) is 0 Å². The highest BCUT2D eigenvalue weighted by atomic mass is 32.1. The quantitative estimate of drug-likeness (QED) is 0.805. The number of amides is 1. The fourth-order valence-electron chi connectivity index (χ4n) is 1.95. The molecule has 0 spiro atoms. The summed E-state index contributed by atoms with van der Waals surface area (Å²) < 4.78 is 5.29. The molecule has 1 aliphatic rings. The fourth-order valence-corrected chi connectivity index (χ4v) is 2.18. The zero-order chi connectivity index (χ0) is 12.1. The number of ether oxygens (including phenoxy) is 1. The lowest BCUT2D eigenvalue weighted by molar-refractivity contribution is 0.0950. The van der Waals surface area contributed by atoms with Crippen molar-refractivity contribution in [1.29, 1.82) is 0 Å². The number of thiol groups is 1. The number of hydrogen-bond donors (Lipinski definition) is 2. The van der Waals surface area contributed by atoms with Gasteiger partial charge in [0, 0.05) is 30.2 Å². The van der Waals surface area contributed by atoms with Gasteiger partial charge in [-0.3, -0.25) is 4.79 Å². The van der Waals surface area contributed by atoms with Crippen molar-refractivity contribution < 1.29 is 9.53 Å². The minimum atomic E-state index is -0.0279. The maximum absolute atomic E-state index is 11.8. The highest BCUT2D eigenvalue weighted by Crippen LogP contribution is 2.15. The Morgan fingerprint density at radius 3 is 3.12 bits per heavy atom. The lowest BCUT2D eigenvalue weighted by Gasteiger charge is -2.09. The average molecular weight is 251 g/mol. The van der Waals surface area contributed by atoms with E-state index in [0.29, 0.717) is 18.0 Å². The van der Waals surface area contributed by atoms with E-state index in [-0.39, 0.29) is 5.91 Å². The monoisotopic (exact) mass is 251 g/mol. The molecule has 1 atom stereocenters. The molecule has 3 nitrogen and oxygen atoms in total. The minimum Gasteiger partial charge on any atom is -0.381 e.